The largest absolute Gasteiger partial charge is 0.494 e. The molecule has 2 N–H and O–H groups in total. The minimum Gasteiger partial charge on any atom is -0.494 e. The molecule has 40 heavy (non-hydrogen) atoms. The molecule has 1 aliphatic carbocycles. The van der Waals surface area contributed by atoms with Crippen LogP contribution in [0.1, 0.15) is 63.5 Å². The van der Waals surface area contributed by atoms with Crippen LogP contribution in [0.5, 0.6) is 5.75 Å². The first-order chi connectivity index (χ1) is 19.4. The van der Waals surface area contributed by atoms with Crippen molar-refractivity contribution in [2.24, 2.45) is 0 Å². The molecular weight excluding hydrogens is 528 g/mol. The lowest BCUT2D eigenvalue weighted by atomic mass is 10.0. The molecule has 1 unspecified atom stereocenters. The average Bonchev–Trinajstić information content (AvgIpc) is 3.46. The van der Waals surface area contributed by atoms with Crippen molar-refractivity contribution in [3.8, 4) is 5.75 Å². The van der Waals surface area contributed by atoms with Gasteiger partial charge < -0.3 is 15.4 Å². The summed E-state index contributed by atoms with van der Waals surface area (Å²) in [5.74, 6) is 0.387. The van der Waals surface area contributed by atoms with Gasteiger partial charge in [-0.1, -0.05) is 42.6 Å². The molecule has 3 amide bonds. The van der Waals surface area contributed by atoms with Crippen molar-refractivity contribution in [1.29, 1.82) is 0 Å². The zero-order valence-corrected chi connectivity index (χ0v) is 23.4. The van der Waals surface area contributed by atoms with Crippen LogP contribution in [0, 0.1) is 0 Å². The van der Waals surface area contributed by atoms with Crippen molar-refractivity contribution in [3.05, 3.63) is 83.5 Å². The second-order valence-electron chi connectivity index (χ2n) is 9.75. The Bertz CT molecular complexity index is 1260. The Balaban J connectivity index is 1.58. The van der Waals surface area contributed by atoms with E-state index in [1.54, 1.807) is 72.9 Å². The monoisotopic (exact) mass is 562 g/mol. The number of benzene rings is 2. The molecule has 0 aliphatic heterocycles. The maximum absolute atomic E-state index is 13.9. The van der Waals surface area contributed by atoms with Crippen molar-refractivity contribution >= 4 is 40.8 Å². The predicted molar refractivity (Wildman–Crippen MR) is 156 cm³/mol. The molecule has 3 aromatic rings. The molecule has 1 aliphatic rings. The first-order valence-electron chi connectivity index (χ1n) is 13.8. The van der Waals surface area contributed by atoms with Crippen molar-refractivity contribution in [2.75, 3.05) is 16.8 Å². The van der Waals surface area contributed by atoms with E-state index in [0.717, 1.165) is 25.7 Å². The molecule has 1 aromatic heterocycles. The van der Waals surface area contributed by atoms with Gasteiger partial charge in [-0.3, -0.25) is 19.3 Å². The number of hydrogen-bond acceptors (Lipinski definition) is 5. The summed E-state index contributed by atoms with van der Waals surface area (Å²) in [4.78, 5) is 45.8. The van der Waals surface area contributed by atoms with E-state index in [2.05, 4.69) is 15.6 Å². The minimum absolute atomic E-state index is 0.0731. The number of rotatable bonds is 12. The van der Waals surface area contributed by atoms with E-state index in [0.29, 0.717) is 40.9 Å². The summed E-state index contributed by atoms with van der Waals surface area (Å²) in [5, 5.41) is 6.45. The topological polar surface area (TPSA) is 101 Å². The van der Waals surface area contributed by atoms with E-state index in [-0.39, 0.29) is 36.6 Å². The van der Waals surface area contributed by atoms with Gasteiger partial charge in [0, 0.05) is 35.8 Å². The first-order valence-corrected chi connectivity index (χ1v) is 14.1. The predicted octanol–water partition coefficient (Wildman–Crippen LogP) is 6.08. The van der Waals surface area contributed by atoms with Crippen LogP contribution in [0.4, 0.5) is 11.5 Å². The Kier molecular flexibility index (Phi) is 10.5. The lowest BCUT2D eigenvalue weighted by molar-refractivity contribution is -0.127. The molecule has 1 atom stereocenters. The minimum atomic E-state index is -0.911. The van der Waals surface area contributed by atoms with Crippen LogP contribution in [0.15, 0.2) is 72.9 Å². The van der Waals surface area contributed by atoms with Gasteiger partial charge in [-0.15, -0.1) is 0 Å². The Morgan fingerprint density at radius 3 is 2.38 bits per heavy atom. The number of anilines is 2. The number of amides is 3. The second kappa shape index (κ2) is 14.5. The van der Waals surface area contributed by atoms with Gasteiger partial charge in [-0.2, -0.15) is 0 Å². The number of nitrogens with zero attached hydrogens (tertiary/aromatic N) is 2. The van der Waals surface area contributed by atoms with E-state index >= 15 is 0 Å². The molecule has 4 rings (SSSR count). The standard InChI is InChI=1S/C31H35ClN4O4/c1-2-40-26-19-17-25(18-20-26)36(29(38)12-7-11-28(37)35-27-10-5-6-21-33-27)30(22-13-15-23(32)16-14-22)31(39)34-24-8-3-4-9-24/h5-6,10,13-21,24,30H,2-4,7-9,11-12H2,1H3,(H,34,39)(H,33,35,37). The summed E-state index contributed by atoms with van der Waals surface area (Å²) in [7, 11) is 0. The van der Waals surface area contributed by atoms with Crippen LogP contribution in [0.25, 0.3) is 0 Å². The molecule has 1 fully saturated rings. The fraction of sp³-hybridized carbons (Fsp3) is 0.355. The molecule has 2 aromatic carbocycles. The van der Waals surface area contributed by atoms with Gasteiger partial charge >= 0.3 is 0 Å². The van der Waals surface area contributed by atoms with Crippen LogP contribution in [-0.4, -0.2) is 35.4 Å². The van der Waals surface area contributed by atoms with E-state index in [1.807, 2.05) is 6.92 Å². The van der Waals surface area contributed by atoms with Gasteiger partial charge in [-0.25, -0.2) is 4.98 Å². The molecule has 9 heteroatoms. The molecule has 0 spiro atoms. The van der Waals surface area contributed by atoms with E-state index < -0.39 is 6.04 Å². The maximum Gasteiger partial charge on any atom is 0.248 e. The highest BCUT2D eigenvalue weighted by Gasteiger charge is 2.34. The summed E-state index contributed by atoms with van der Waals surface area (Å²) in [6.45, 7) is 2.41. The van der Waals surface area contributed by atoms with Crippen LogP contribution in [0.2, 0.25) is 5.02 Å². The van der Waals surface area contributed by atoms with E-state index in [4.69, 9.17) is 16.3 Å². The zero-order valence-electron chi connectivity index (χ0n) is 22.6. The second-order valence-corrected chi connectivity index (χ2v) is 10.2. The number of halogens is 1. The molecule has 1 saturated carbocycles. The van der Waals surface area contributed by atoms with Gasteiger partial charge in [0.25, 0.3) is 0 Å². The number of pyridine rings is 1. The van der Waals surface area contributed by atoms with Crippen molar-refractivity contribution in [3.63, 3.8) is 0 Å². The van der Waals surface area contributed by atoms with Gasteiger partial charge in [-0.05, 0) is 80.3 Å². The molecular formula is C31H35ClN4O4. The van der Waals surface area contributed by atoms with Gasteiger partial charge in [0.2, 0.25) is 17.7 Å². The van der Waals surface area contributed by atoms with Crippen molar-refractivity contribution < 1.29 is 19.1 Å². The molecule has 1 heterocycles. The van der Waals surface area contributed by atoms with Gasteiger partial charge in [0.15, 0.2) is 0 Å². The van der Waals surface area contributed by atoms with Crippen LogP contribution < -0.4 is 20.3 Å². The first kappa shape index (κ1) is 29.1. The third-order valence-electron chi connectivity index (χ3n) is 6.82. The zero-order chi connectivity index (χ0) is 28.3. The lowest BCUT2D eigenvalue weighted by Gasteiger charge is -2.32. The number of hydrogen-bond donors (Lipinski definition) is 2. The van der Waals surface area contributed by atoms with Crippen molar-refractivity contribution in [2.45, 2.75) is 64.0 Å². The van der Waals surface area contributed by atoms with E-state index in [9.17, 15) is 14.4 Å². The quantitative estimate of drug-likeness (QED) is 0.279. The summed E-state index contributed by atoms with van der Waals surface area (Å²) in [6, 6.07) is 18.5. The van der Waals surface area contributed by atoms with Gasteiger partial charge in [0.1, 0.15) is 17.6 Å². The summed E-state index contributed by atoms with van der Waals surface area (Å²) >= 11 is 6.16. The SMILES string of the molecule is CCOc1ccc(N(C(=O)CCCC(=O)Nc2ccccn2)C(C(=O)NC2CCCC2)c2ccc(Cl)cc2)cc1. The number of nitrogens with one attached hydrogen (secondary N) is 2. The fourth-order valence-corrected chi connectivity index (χ4v) is 5.01. The highest BCUT2D eigenvalue weighted by molar-refractivity contribution is 6.30. The Morgan fingerprint density at radius 1 is 1.00 bits per heavy atom. The third-order valence-corrected chi connectivity index (χ3v) is 7.07. The fourth-order valence-electron chi connectivity index (χ4n) is 4.88. The highest BCUT2D eigenvalue weighted by atomic mass is 35.5. The Morgan fingerprint density at radius 2 is 1.73 bits per heavy atom. The van der Waals surface area contributed by atoms with Gasteiger partial charge in [0.05, 0.1) is 6.61 Å². The van der Waals surface area contributed by atoms with Crippen LogP contribution in [0.3, 0.4) is 0 Å². The molecule has 0 bridgehead atoms. The summed E-state index contributed by atoms with van der Waals surface area (Å²) in [5.41, 5.74) is 1.21. The molecule has 0 saturated heterocycles. The summed E-state index contributed by atoms with van der Waals surface area (Å²) < 4.78 is 5.59. The lowest BCUT2D eigenvalue weighted by Crippen LogP contribution is -2.46. The number of carbonyl (C=O) groups is 3. The maximum atomic E-state index is 13.9. The third kappa shape index (κ3) is 8.05. The smallest absolute Gasteiger partial charge is 0.248 e. The van der Waals surface area contributed by atoms with Crippen molar-refractivity contribution in [1.82, 2.24) is 10.3 Å². The molecule has 210 valence electrons. The average molecular weight is 563 g/mol. The molecule has 8 nitrogen and oxygen atoms in total. The Hall–Kier alpha value is -3.91. The number of aromatic nitrogens is 1. The van der Waals surface area contributed by atoms with Crippen LogP contribution >= 0.6 is 11.6 Å². The van der Waals surface area contributed by atoms with E-state index in [1.165, 1.54) is 4.90 Å². The number of ether oxygens (including phenoxy) is 1. The highest BCUT2D eigenvalue weighted by Crippen LogP contribution is 2.32. The Labute approximate surface area is 240 Å². The molecule has 0 radical (unpaired) electrons. The normalized spacial score (nSPS) is 13.8. The van der Waals surface area contributed by atoms with Crippen LogP contribution in [-0.2, 0) is 14.4 Å². The number of carbonyl (C=O) groups excluding carboxylic acids is 3. The summed E-state index contributed by atoms with van der Waals surface area (Å²) in [6.07, 6.45) is 6.09.